The average molecular weight is 289 g/mol. The summed E-state index contributed by atoms with van der Waals surface area (Å²) >= 11 is 0. The number of carboxylic acid groups (broad SMARTS) is 1. The molecule has 0 bridgehead atoms. The predicted octanol–water partition coefficient (Wildman–Crippen LogP) is 0.183. The highest BCUT2D eigenvalue weighted by molar-refractivity contribution is 7.91. The number of amides is 1. The van der Waals surface area contributed by atoms with Gasteiger partial charge < -0.3 is 9.84 Å². The molecule has 1 aromatic heterocycles. The Morgan fingerprint density at radius 3 is 2.74 bits per heavy atom. The standard InChI is InChI=1S/C9H11N3O6S/c1-2-18-9(15)12-19(16,17)11-7-6(8(13)14)4-3-5-10-7/h3-5H,2H2,1H3,(H,10,11)(H,12,15)(H,13,14). The molecule has 0 saturated carbocycles. The van der Waals surface area contributed by atoms with Crippen LogP contribution in [0.3, 0.4) is 0 Å². The van der Waals surface area contributed by atoms with E-state index in [1.54, 1.807) is 0 Å². The van der Waals surface area contributed by atoms with E-state index in [2.05, 4.69) is 9.72 Å². The molecule has 3 N–H and O–H groups in total. The number of aromatic carboxylic acids is 1. The number of nitrogens with zero attached hydrogens (tertiary/aromatic N) is 1. The molecule has 0 aromatic carbocycles. The van der Waals surface area contributed by atoms with Gasteiger partial charge in [0.05, 0.1) is 6.61 Å². The maximum atomic E-state index is 11.5. The smallest absolute Gasteiger partial charge is 0.422 e. The topological polar surface area (TPSA) is 135 Å². The molecule has 10 heteroatoms. The molecule has 1 heterocycles. The quantitative estimate of drug-likeness (QED) is 0.703. The number of pyridine rings is 1. The molecule has 0 fully saturated rings. The Hall–Kier alpha value is -2.36. The van der Waals surface area contributed by atoms with Crippen LogP contribution in [0.25, 0.3) is 0 Å². The Morgan fingerprint density at radius 2 is 2.16 bits per heavy atom. The molecule has 0 atom stereocenters. The van der Waals surface area contributed by atoms with Crippen LogP contribution < -0.4 is 9.44 Å². The zero-order chi connectivity index (χ0) is 14.5. The van der Waals surface area contributed by atoms with Crippen molar-refractivity contribution in [2.24, 2.45) is 0 Å². The number of rotatable bonds is 5. The molecule has 0 aliphatic rings. The number of carbonyl (C=O) groups excluding carboxylic acids is 1. The Bertz CT molecular complexity index is 585. The van der Waals surface area contributed by atoms with E-state index in [0.29, 0.717) is 0 Å². The number of anilines is 1. The Kier molecular flexibility index (Phi) is 4.64. The minimum absolute atomic E-state index is 0.00861. The number of carbonyl (C=O) groups is 2. The molecule has 1 amide bonds. The first-order valence-corrected chi connectivity index (χ1v) is 6.49. The number of hydrogen-bond acceptors (Lipinski definition) is 6. The van der Waals surface area contributed by atoms with Crippen molar-refractivity contribution in [2.45, 2.75) is 6.92 Å². The van der Waals surface area contributed by atoms with Crippen LogP contribution in [0, 0.1) is 0 Å². The molecular formula is C9H11N3O6S. The van der Waals surface area contributed by atoms with Crippen molar-refractivity contribution in [1.82, 2.24) is 9.71 Å². The number of carboxylic acids is 1. The van der Waals surface area contributed by atoms with E-state index in [0.717, 1.165) is 6.07 Å². The summed E-state index contributed by atoms with van der Waals surface area (Å²) in [7, 11) is -4.31. The lowest BCUT2D eigenvalue weighted by atomic mass is 10.3. The first-order chi connectivity index (χ1) is 8.85. The van der Waals surface area contributed by atoms with E-state index in [-0.39, 0.29) is 12.2 Å². The maximum Gasteiger partial charge on any atom is 0.422 e. The van der Waals surface area contributed by atoms with Gasteiger partial charge in [-0.3, -0.25) is 0 Å². The highest BCUT2D eigenvalue weighted by Gasteiger charge is 2.19. The molecule has 0 unspecified atom stereocenters. The van der Waals surface area contributed by atoms with Gasteiger partial charge in [0.25, 0.3) is 0 Å². The van der Waals surface area contributed by atoms with E-state index in [9.17, 15) is 18.0 Å². The van der Waals surface area contributed by atoms with Crippen molar-refractivity contribution < 1.29 is 27.9 Å². The van der Waals surface area contributed by atoms with Crippen LogP contribution in [0.2, 0.25) is 0 Å². The Morgan fingerprint density at radius 1 is 1.47 bits per heavy atom. The maximum absolute atomic E-state index is 11.5. The minimum Gasteiger partial charge on any atom is -0.478 e. The monoisotopic (exact) mass is 289 g/mol. The van der Waals surface area contributed by atoms with E-state index < -0.39 is 28.1 Å². The molecule has 0 aliphatic carbocycles. The van der Waals surface area contributed by atoms with Crippen molar-refractivity contribution in [3.63, 3.8) is 0 Å². The molecule has 19 heavy (non-hydrogen) atoms. The van der Waals surface area contributed by atoms with Gasteiger partial charge in [0, 0.05) is 6.20 Å². The summed E-state index contributed by atoms with van der Waals surface area (Å²) < 4.78 is 30.8. The van der Waals surface area contributed by atoms with Gasteiger partial charge in [-0.25, -0.2) is 24.0 Å². The van der Waals surface area contributed by atoms with Gasteiger partial charge in [-0.2, -0.15) is 8.42 Å². The molecule has 104 valence electrons. The second-order valence-electron chi connectivity index (χ2n) is 3.13. The highest BCUT2D eigenvalue weighted by Crippen LogP contribution is 2.12. The third kappa shape index (κ3) is 4.43. The van der Waals surface area contributed by atoms with Crippen LogP contribution in [0.15, 0.2) is 18.3 Å². The summed E-state index contributed by atoms with van der Waals surface area (Å²) in [5.41, 5.74) is -0.350. The van der Waals surface area contributed by atoms with Crippen LogP contribution >= 0.6 is 0 Å². The minimum atomic E-state index is -4.31. The summed E-state index contributed by atoms with van der Waals surface area (Å²) in [6.45, 7) is 1.49. The molecule has 0 radical (unpaired) electrons. The Balaban J connectivity index is 2.90. The number of nitrogens with one attached hydrogen (secondary N) is 2. The van der Waals surface area contributed by atoms with Gasteiger partial charge in [0.2, 0.25) is 0 Å². The second kappa shape index (κ2) is 6.00. The van der Waals surface area contributed by atoms with Crippen LogP contribution in [0.4, 0.5) is 10.6 Å². The first-order valence-electron chi connectivity index (χ1n) is 5.01. The molecule has 0 aliphatic heterocycles. The molecule has 1 rings (SSSR count). The van der Waals surface area contributed by atoms with Crippen molar-refractivity contribution in [2.75, 3.05) is 11.3 Å². The van der Waals surface area contributed by atoms with Gasteiger partial charge in [0.15, 0.2) is 5.82 Å². The van der Waals surface area contributed by atoms with Crippen molar-refractivity contribution in [3.05, 3.63) is 23.9 Å². The fourth-order valence-corrected chi connectivity index (χ4v) is 1.83. The van der Waals surface area contributed by atoms with E-state index >= 15 is 0 Å². The van der Waals surface area contributed by atoms with Gasteiger partial charge >= 0.3 is 22.3 Å². The lowest BCUT2D eigenvalue weighted by Gasteiger charge is -2.09. The number of aromatic nitrogens is 1. The van der Waals surface area contributed by atoms with Crippen LogP contribution in [0.5, 0.6) is 0 Å². The highest BCUT2D eigenvalue weighted by atomic mass is 32.2. The van der Waals surface area contributed by atoms with Crippen molar-refractivity contribution in [1.29, 1.82) is 0 Å². The SMILES string of the molecule is CCOC(=O)NS(=O)(=O)Nc1ncccc1C(=O)O. The predicted molar refractivity (Wildman–Crippen MR) is 63.9 cm³/mol. The fraction of sp³-hybridized carbons (Fsp3) is 0.222. The third-order valence-corrected chi connectivity index (χ3v) is 2.66. The van der Waals surface area contributed by atoms with Crippen molar-refractivity contribution >= 4 is 28.1 Å². The summed E-state index contributed by atoms with van der Waals surface area (Å²) in [4.78, 5) is 25.4. The first kappa shape index (κ1) is 14.7. The summed E-state index contributed by atoms with van der Waals surface area (Å²) in [6, 6.07) is 2.50. The molecule has 1 aromatic rings. The van der Waals surface area contributed by atoms with Crippen LogP contribution in [-0.4, -0.2) is 37.2 Å². The average Bonchev–Trinajstić information content (AvgIpc) is 2.28. The molecule has 9 nitrogen and oxygen atoms in total. The summed E-state index contributed by atoms with van der Waals surface area (Å²) in [6.07, 6.45) is 0.0251. The largest absolute Gasteiger partial charge is 0.478 e. The van der Waals surface area contributed by atoms with E-state index in [1.807, 2.05) is 4.72 Å². The lowest BCUT2D eigenvalue weighted by molar-refractivity contribution is 0.0697. The van der Waals surface area contributed by atoms with Gasteiger partial charge in [-0.05, 0) is 19.1 Å². The van der Waals surface area contributed by atoms with E-state index in [4.69, 9.17) is 5.11 Å². The van der Waals surface area contributed by atoms with Crippen molar-refractivity contribution in [3.8, 4) is 0 Å². The molecule has 0 saturated heterocycles. The number of hydrogen-bond donors (Lipinski definition) is 3. The summed E-state index contributed by atoms with van der Waals surface area (Å²) in [5.74, 6) is -1.77. The normalized spacial score (nSPS) is 10.6. The number of ether oxygens (including phenoxy) is 1. The Labute approximate surface area is 108 Å². The van der Waals surface area contributed by atoms with Crippen LogP contribution in [-0.2, 0) is 14.9 Å². The zero-order valence-electron chi connectivity index (χ0n) is 9.78. The van der Waals surface area contributed by atoms with Gasteiger partial charge in [0.1, 0.15) is 5.56 Å². The van der Waals surface area contributed by atoms with E-state index in [1.165, 1.54) is 23.9 Å². The second-order valence-corrected chi connectivity index (χ2v) is 4.55. The molecule has 0 spiro atoms. The fourth-order valence-electron chi connectivity index (χ4n) is 1.08. The summed E-state index contributed by atoms with van der Waals surface area (Å²) in [5, 5.41) is 8.84. The third-order valence-electron chi connectivity index (χ3n) is 1.76. The zero-order valence-corrected chi connectivity index (χ0v) is 10.6. The van der Waals surface area contributed by atoms with Gasteiger partial charge in [-0.1, -0.05) is 0 Å². The molecular weight excluding hydrogens is 278 g/mol. The van der Waals surface area contributed by atoms with Crippen LogP contribution in [0.1, 0.15) is 17.3 Å². The lowest BCUT2D eigenvalue weighted by Crippen LogP contribution is -2.36. The van der Waals surface area contributed by atoms with Gasteiger partial charge in [-0.15, -0.1) is 0 Å².